The van der Waals surface area contributed by atoms with E-state index in [-0.39, 0.29) is 0 Å². The highest BCUT2D eigenvalue weighted by Crippen LogP contribution is 2.23. The summed E-state index contributed by atoms with van der Waals surface area (Å²) in [6.45, 7) is 6.76. The molecule has 0 amide bonds. The Balaban J connectivity index is 1.89. The number of likely N-dealkylation sites (N-methyl/N-ethyl adjacent to an activating group) is 2. The van der Waals surface area contributed by atoms with Crippen molar-refractivity contribution in [2.75, 3.05) is 34.2 Å². The molecule has 1 fully saturated rings. The lowest BCUT2D eigenvalue weighted by atomic mass is 10.2. The number of nitrogens with one attached hydrogen (secondary N) is 1. The topological polar surface area (TPSA) is 18.5 Å². The van der Waals surface area contributed by atoms with Gasteiger partial charge in [-0.1, -0.05) is 0 Å². The fourth-order valence-corrected chi connectivity index (χ4v) is 4.00. The number of thiophene rings is 1. The van der Waals surface area contributed by atoms with Gasteiger partial charge in [-0.2, -0.15) is 0 Å². The zero-order chi connectivity index (χ0) is 13.8. The molecule has 0 bridgehead atoms. The number of aryl methyl sites for hydroxylation is 1. The Morgan fingerprint density at radius 1 is 1.53 bits per heavy atom. The molecule has 1 saturated heterocycles. The summed E-state index contributed by atoms with van der Waals surface area (Å²) in [5, 5.41) is 3.23. The van der Waals surface area contributed by atoms with Crippen LogP contribution in [-0.2, 0) is 13.1 Å². The molecule has 4 heteroatoms. The molecule has 19 heavy (non-hydrogen) atoms. The van der Waals surface area contributed by atoms with Gasteiger partial charge in [0.15, 0.2) is 0 Å². The molecule has 1 aromatic rings. The van der Waals surface area contributed by atoms with Gasteiger partial charge in [-0.05, 0) is 59.1 Å². The summed E-state index contributed by atoms with van der Waals surface area (Å²) in [6, 6.07) is 3.12. The Bertz CT molecular complexity index is 402. The number of likely N-dealkylation sites (tertiary alicyclic amines) is 1. The molecule has 1 atom stereocenters. The molecule has 1 aliphatic rings. The summed E-state index contributed by atoms with van der Waals surface area (Å²) in [5.74, 6) is 0. The lowest BCUT2D eigenvalue weighted by Gasteiger charge is -2.25. The van der Waals surface area contributed by atoms with Gasteiger partial charge in [0.05, 0.1) is 0 Å². The molecule has 1 N–H and O–H groups in total. The van der Waals surface area contributed by atoms with Crippen molar-refractivity contribution >= 4 is 11.3 Å². The lowest BCUT2D eigenvalue weighted by molar-refractivity contribution is 0.215. The van der Waals surface area contributed by atoms with E-state index in [4.69, 9.17) is 0 Å². The third-order valence-corrected chi connectivity index (χ3v) is 5.15. The Hall–Kier alpha value is -0.420. The minimum absolute atomic E-state index is 0.751. The van der Waals surface area contributed by atoms with Crippen molar-refractivity contribution in [1.29, 1.82) is 0 Å². The maximum Gasteiger partial charge on any atom is 0.0296 e. The first-order chi connectivity index (χ1) is 9.10. The van der Waals surface area contributed by atoms with Gasteiger partial charge in [0, 0.05) is 35.4 Å². The summed E-state index contributed by atoms with van der Waals surface area (Å²) >= 11 is 1.92. The summed E-state index contributed by atoms with van der Waals surface area (Å²) in [5.41, 5.74) is 1.50. The average molecular weight is 281 g/mol. The average Bonchev–Trinajstić information content (AvgIpc) is 2.88. The first kappa shape index (κ1) is 15.0. The number of hydrogen-bond donors (Lipinski definition) is 1. The van der Waals surface area contributed by atoms with E-state index in [0.717, 1.165) is 19.1 Å². The van der Waals surface area contributed by atoms with E-state index in [9.17, 15) is 0 Å². The van der Waals surface area contributed by atoms with Crippen LogP contribution in [-0.4, -0.2) is 50.1 Å². The number of nitrogens with zero attached hydrogens (tertiary/aromatic N) is 2. The Kier molecular flexibility index (Phi) is 5.39. The highest BCUT2D eigenvalue weighted by Gasteiger charge is 2.22. The van der Waals surface area contributed by atoms with Crippen LogP contribution in [0.25, 0.3) is 0 Å². The minimum atomic E-state index is 0.751. The van der Waals surface area contributed by atoms with E-state index >= 15 is 0 Å². The molecule has 0 spiro atoms. The van der Waals surface area contributed by atoms with E-state index < -0.39 is 0 Å². The fourth-order valence-electron chi connectivity index (χ4n) is 2.93. The molecule has 1 aromatic heterocycles. The van der Waals surface area contributed by atoms with Gasteiger partial charge >= 0.3 is 0 Å². The van der Waals surface area contributed by atoms with E-state index in [0.29, 0.717) is 0 Å². The second-order valence-corrected chi connectivity index (χ2v) is 7.14. The van der Waals surface area contributed by atoms with E-state index in [2.05, 4.69) is 42.2 Å². The third-order valence-electron chi connectivity index (χ3n) is 4.06. The number of rotatable bonds is 6. The van der Waals surface area contributed by atoms with Crippen molar-refractivity contribution < 1.29 is 0 Å². The van der Waals surface area contributed by atoms with Gasteiger partial charge in [0.2, 0.25) is 0 Å². The van der Waals surface area contributed by atoms with E-state index in [1.807, 2.05) is 18.4 Å². The fraction of sp³-hybridized carbons (Fsp3) is 0.733. The molecule has 108 valence electrons. The maximum absolute atomic E-state index is 3.23. The standard InChI is InChI=1S/C15H27N3S/c1-12-13(8-15(19-12)9-16-2)10-17(3)11-14-6-5-7-18(14)4/h8,14,16H,5-7,9-11H2,1-4H3. The molecule has 0 saturated carbocycles. The molecule has 2 heterocycles. The summed E-state index contributed by atoms with van der Waals surface area (Å²) in [4.78, 5) is 7.90. The normalized spacial score (nSPS) is 20.6. The Morgan fingerprint density at radius 3 is 2.95 bits per heavy atom. The van der Waals surface area contributed by atoms with Gasteiger partial charge in [-0.3, -0.25) is 0 Å². The van der Waals surface area contributed by atoms with Crippen LogP contribution in [0, 0.1) is 6.92 Å². The van der Waals surface area contributed by atoms with Gasteiger partial charge in [-0.25, -0.2) is 0 Å². The van der Waals surface area contributed by atoms with Crippen molar-refractivity contribution in [3.05, 3.63) is 21.4 Å². The van der Waals surface area contributed by atoms with Crippen LogP contribution in [0.2, 0.25) is 0 Å². The molecule has 0 aliphatic carbocycles. The molecule has 0 aromatic carbocycles. The second kappa shape index (κ2) is 6.84. The maximum atomic E-state index is 3.23. The SMILES string of the molecule is CNCc1cc(CN(C)CC2CCCN2C)c(C)s1. The Morgan fingerprint density at radius 2 is 2.32 bits per heavy atom. The van der Waals surface area contributed by atoms with Gasteiger partial charge in [-0.15, -0.1) is 11.3 Å². The second-order valence-electron chi connectivity index (χ2n) is 5.80. The molecular formula is C15H27N3S. The minimum Gasteiger partial charge on any atom is -0.315 e. The predicted molar refractivity (Wildman–Crippen MR) is 83.8 cm³/mol. The molecule has 2 rings (SSSR count). The van der Waals surface area contributed by atoms with Crippen molar-refractivity contribution in [1.82, 2.24) is 15.1 Å². The van der Waals surface area contributed by atoms with Crippen molar-refractivity contribution in [2.24, 2.45) is 0 Å². The summed E-state index contributed by atoms with van der Waals surface area (Å²) in [7, 11) is 6.52. The molecule has 1 unspecified atom stereocenters. The van der Waals surface area contributed by atoms with Crippen LogP contribution >= 0.6 is 11.3 Å². The summed E-state index contributed by atoms with van der Waals surface area (Å²) in [6.07, 6.45) is 2.72. The number of hydrogen-bond acceptors (Lipinski definition) is 4. The quantitative estimate of drug-likeness (QED) is 0.863. The molecule has 1 aliphatic heterocycles. The van der Waals surface area contributed by atoms with Crippen LogP contribution in [0.4, 0.5) is 0 Å². The molecular weight excluding hydrogens is 254 g/mol. The smallest absolute Gasteiger partial charge is 0.0296 e. The van der Waals surface area contributed by atoms with Crippen molar-refractivity contribution in [2.45, 2.75) is 38.9 Å². The lowest BCUT2D eigenvalue weighted by Crippen LogP contribution is -2.36. The summed E-state index contributed by atoms with van der Waals surface area (Å²) < 4.78 is 0. The molecule has 3 nitrogen and oxygen atoms in total. The van der Waals surface area contributed by atoms with Crippen molar-refractivity contribution in [3.63, 3.8) is 0 Å². The van der Waals surface area contributed by atoms with E-state index in [1.54, 1.807) is 0 Å². The van der Waals surface area contributed by atoms with Crippen LogP contribution in [0.1, 0.15) is 28.2 Å². The highest BCUT2D eigenvalue weighted by molar-refractivity contribution is 7.12. The van der Waals surface area contributed by atoms with Crippen LogP contribution in [0.15, 0.2) is 6.07 Å². The van der Waals surface area contributed by atoms with E-state index in [1.165, 1.54) is 41.2 Å². The monoisotopic (exact) mass is 281 g/mol. The molecule has 0 radical (unpaired) electrons. The zero-order valence-corrected chi connectivity index (χ0v) is 13.5. The van der Waals surface area contributed by atoms with Gasteiger partial charge < -0.3 is 15.1 Å². The first-order valence-electron chi connectivity index (χ1n) is 7.21. The largest absolute Gasteiger partial charge is 0.315 e. The zero-order valence-electron chi connectivity index (χ0n) is 12.7. The van der Waals surface area contributed by atoms with Gasteiger partial charge in [0.25, 0.3) is 0 Å². The first-order valence-corrected chi connectivity index (χ1v) is 8.03. The van der Waals surface area contributed by atoms with Crippen LogP contribution in [0.3, 0.4) is 0 Å². The van der Waals surface area contributed by atoms with Gasteiger partial charge in [0.1, 0.15) is 0 Å². The third kappa shape index (κ3) is 4.02. The van der Waals surface area contributed by atoms with Crippen molar-refractivity contribution in [3.8, 4) is 0 Å². The highest BCUT2D eigenvalue weighted by atomic mass is 32.1. The Labute approximate surface area is 121 Å². The predicted octanol–water partition coefficient (Wildman–Crippen LogP) is 2.30. The van der Waals surface area contributed by atoms with Crippen LogP contribution < -0.4 is 5.32 Å². The van der Waals surface area contributed by atoms with Crippen LogP contribution in [0.5, 0.6) is 0 Å².